The third-order valence-electron chi connectivity index (χ3n) is 4.64. The van der Waals surface area contributed by atoms with Gasteiger partial charge in [0.05, 0.1) is 0 Å². The predicted octanol–water partition coefficient (Wildman–Crippen LogP) is 4.26. The Kier molecular flexibility index (Phi) is 4.41. The summed E-state index contributed by atoms with van der Waals surface area (Å²) in [5.41, 5.74) is 2.74. The Bertz CT molecular complexity index is 548. The van der Waals surface area contributed by atoms with Gasteiger partial charge in [0.1, 0.15) is 0 Å². The molecule has 0 saturated heterocycles. The summed E-state index contributed by atoms with van der Waals surface area (Å²) < 4.78 is 2.44. The summed E-state index contributed by atoms with van der Waals surface area (Å²) in [7, 11) is 0. The largest absolute Gasteiger partial charge is 0.344 e. The number of para-hydroxylation sites is 1. The summed E-state index contributed by atoms with van der Waals surface area (Å²) in [6.07, 6.45) is 8.40. The molecule has 1 fully saturated rings. The number of benzene rings is 1. The molecule has 1 aromatic carbocycles. The van der Waals surface area contributed by atoms with Crippen molar-refractivity contribution >= 4 is 10.9 Å². The van der Waals surface area contributed by atoms with E-state index in [1.807, 2.05) is 0 Å². The second-order valence-electron chi connectivity index (χ2n) is 6.14. The predicted molar refractivity (Wildman–Crippen MR) is 86.2 cm³/mol. The average molecular weight is 270 g/mol. The minimum atomic E-state index is 0.750. The fourth-order valence-electron chi connectivity index (χ4n) is 3.51. The number of hydrogen-bond acceptors (Lipinski definition) is 1. The van der Waals surface area contributed by atoms with Gasteiger partial charge in [0, 0.05) is 30.3 Å². The van der Waals surface area contributed by atoms with Crippen molar-refractivity contribution in [3.8, 4) is 0 Å². The van der Waals surface area contributed by atoms with Crippen LogP contribution in [-0.4, -0.2) is 17.2 Å². The lowest BCUT2D eigenvalue weighted by Crippen LogP contribution is -2.31. The lowest BCUT2D eigenvalue weighted by Gasteiger charge is -2.17. The second-order valence-corrected chi connectivity index (χ2v) is 6.14. The van der Waals surface area contributed by atoms with Crippen molar-refractivity contribution in [1.29, 1.82) is 0 Å². The van der Waals surface area contributed by atoms with Crippen LogP contribution >= 0.6 is 0 Å². The number of fused-ring (bicyclic) bond motifs is 1. The zero-order chi connectivity index (χ0) is 13.8. The Hall–Kier alpha value is -1.28. The van der Waals surface area contributed by atoms with Crippen molar-refractivity contribution in [2.75, 3.05) is 6.54 Å². The monoisotopic (exact) mass is 270 g/mol. The molecular weight excluding hydrogens is 244 g/mol. The lowest BCUT2D eigenvalue weighted by atomic mass is 10.1. The van der Waals surface area contributed by atoms with E-state index in [2.05, 4.69) is 47.1 Å². The molecule has 1 saturated carbocycles. The first kappa shape index (κ1) is 13.7. The molecular formula is C18H26N2. The fourth-order valence-corrected chi connectivity index (χ4v) is 3.51. The highest BCUT2D eigenvalue weighted by atomic mass is 15.0. The minimum absolute atomic E-state index is 0.750. The van der Waals surface area contributed by atoms with E-state index < -0.39 is 0 Å². The van der Waals surface area contributed by atoms with E-state index in [0.717, 1.165) is 19.1 Å². The third-order valence-corrected chi connectivity index (χ3v) is 4.64. The van der Waals surface area contributed by atoms with Gasteiger partial charge >= 0.3 is 0 Å². The Morgan fingerprint density at radius 2 is 1.85 bits per heavy atom. The maximum atomic E-state index is 3.77. The molecule has 20 heavy (non-hydrogen) atoms. The number of aryl methyl sites for hydroxylation is 1. The highest BCUT2D eigenvalue weighted by Crippen LogP contribution is 2.19. The Morgan fingerprint density at radius 1 is 1.10 bits per heavy atom. The van der Waals surface area contributed by atoms with Crippen LogP contribution in [0.3, 0.4) is 0 Å². The van der Waals surface area contributed by atoms with Gasteiger partial charge in [0.25, 0.3) is 0 Å². The first-order valence-electron chi connectivity index (χ1n) is 8.13. The van der Waals surface area contributed by atoms with Gasteiger partial charge in [-0.3, -0.25) is 0 Å². The number of nitrogens with one attached hydrogen (secondary N) is 1. The highest BCUT2D eigenvalue weighted by molar-refractivity contribution is 5.81. The summed E-state index contributed by atoms with van der Waals surface area (Å²) in [4.78, 5) is 0. The Morgan fingerprint density at radius 3 is 2.65 bits per heavy atom. The van der Waals surface area contributed by atoms with Gasteiger partial charge in [-0.2, -0.15) is 0 Å². The summed E-state index contributed by atoms with van der Waals surface area (Å²) in [5, 5.41) is 5.13. The first-order valence-corrected chi connectivity index (χ1v) is 8.13. The van der Waals surface area contributed by atoms with Gasteiger partial charge in [-0.1, -0.05) is 43.9 Å². The molecule has 108 valence electrons. The van der Waals surface area contributed by atoms with Gasteiger partial charge in [-0.15, -0.1) is 0 Å². The smallest absolute Gasteiger partial charge is 0.0482 e. The van der Waals surface area contributed by atoms with Crippen molar-refractivity contribution < 1.29 is 0 Å². The van der Waals surface area contributed by atoms with Crippen molar-refractivity contribution in [3.63, 3.8) is 0 Å². The molecule has 3 rings (SSSR count). The van der Waals surface area contributed by atoms with Crippen LogP contribution in [-0.2, 0) is 6.54 Å². The third kappa shape index (κ3) is 3.06. The zero-order valence-electron chi connectivity index (χ0n) is 12.6. The standard InChI is InChI=1S/C18H26N2/c1-15-14-16-8-6-7-11-18(16)20(15)13-12-19-17-9-4-2-3-5-10-17/h6-8,11,14,17,19H,2-5,9-10,12-13H2,1H3. The molecule has 1 N–H and O–H groups in total. The lowest BCUT2D eigenvalue weighted by molar-refractivity contribution is 0.446. The van der Waals surface area contributed by atoms with Crippen LogP contribution in [0.4, 0.5) is 0 Å². The van der Waals surface area contributed by atoms with Crippen molar-refractivity contribution in [3.05, 3.63) is 36.0 Å². The first-order chi connectivity index (χ1) is 9.84. The minimum Gasteiger partial charge on any atom is -0.344 e. The maximum absolute atomic E-state index is 3.77. The van der Waals surface area contributed by atoms with Crippen LogP contribution in [0.15, 0.2) is 30.3 Å². The van der Waals surface area contributed by atoms with Crippen molar-refractivity contribution in [2.45, 2.75) is 58.0 Å². The molecule has 1 heterocycles. The van der Waals surface area contributed by atoms with E-state index >= 15 is 0 Å². The number of rotatable bonds is 4. The molecule has 2 nitrogen and oxygen atoms in total. The maximum Gasteiger partial charge on any atom is 0.0482 e. The molecule has 1 aliphatic carbocycles. The summed E-state index contributed by atoms with van der Waals surface area (Å²) in [6.45, 7) is 4.38. The number of hydrogen-bond donors (Lipinski definition) is 1. The van der Waals surface area contributed by atoms with Crippen LogP contribution < -0.4 is 5.32 Å². The van der Waals surface area contributed by atoms with Crippen LogP contribution in [0.1, 0.15) is 44.2 Å². The zero-order valence-corrected chi connectivity index (χ0v) is 12.6. The number of nitrogens with zero attached hydrogens (tertiary/aromatic N) is 1. The molecule has 2 heteroatoms. The van der Waals surface area contributed by atoms with E-state index in [4.69, 9.17) is 0 Å². The number of aromatic nitrogens is 1. The molecule has 0 bridgehead atoms. The SMILES string of the molecule is Cc1cc2ccccc2n1CCNC1CCCCCC1. The highest BCUT2D eigenvalue weighted by Gasteiger charge is 2.11. The van der Waals surface area contributed by atoms with Crippen molar-refractivity contribution in [2.24, 2.45) is 0 Å². The quantitative estimate of drug-likeness (QED) is 0.821. The van der Waals surface area contributed by atoms with E-state index in [1.54, 1.807) is 0 Å². The topological polar surface area (TPSA) is 17.0 Å². The van der Waals surface area contributed by atoms with Gasteiger partial charge in [-0.25, -0.2) is 0 Å². The molecule has 0 radical (unpaired) electrons. The Balaban J connectivity index is 1.60. The van der Waals surface area contributed by atoms with E-state index in [-0.39, 0.29) is 0 Å². The van der Waals surface area contributed by atoms with Gasteiger partial charge in [-0.05, 0) is 37.3 Å². The second kappa shape index (κ2) is 6.45. The molecule has 0 atom stereocenters. The van der Waals surface area contributed by atoms with E-state index in [1.165, 1.54) is 55.1 Å². The molecule has 1 aliphatic rings. The fraction of sp³-hybridized carbons (Fsp3) is 0.556. The molecule has 0 spiro atoms. The van der Waals surface area contributed by atoms with Gasteiger partial charge in [0.15, 0.2) is 0 Å². The van der Waals surface area contributed by atoms with Crippen LogP contribution in [0.2, 0.25) is 0 Å². The van der Waals surface area contributed by atoms with E-state index in [0.29, 0.717) is 0 Å². The van der Waals surface area contributed by atoms with Crippen molar-refractivity contribution in [1.82, 2.24) is 9.88 Å². The van der Waals surface area contributed by atoms with Gasteiger partial charge < -0.3 is 9.88 Å². The van der Waals surface area contributed by atoms with E-state index in [9.17, 15) is 0 Å². The average Bonchev–Trinajstić information content (AvgIpc) is 2.65. The Labute approximate surface area is 122 Å². The van der Waals surface area contributed by atoms with Crippen LogP contribution in [0.5, 0.6) is 0 Å². The summed E-state index contributed by atoms with van der Waals surface area (Å²) in [5.74, 6) is 0. The molecule has 0 unspecified atom stereocenters. The molecule has 0 amide bonds. The molecule has 0 aliphatic heterocycles. The van der Waals surface area contributed by atoms with Crippen LogP contribution in [0, 0.1) is 6.92 Å². The summed E-state index contributed by atoms with van der Waals surface area (Å²) >= 11 is 0. The van der Waals surface area contributed by atoms with Gasteiger partial charge in [0.2, 0.25) is 0 Å². The van der Waals surface area contributed by atoms with Crippen LogP contribution in [0.25, 0.3) is 10.9 Å². The molecule has 2 aromatic rings. The summed E-state index contributed by atoms with van der Waals surface area (Å²) in [6, 6.07) is 11.7. The normalized spacial score (nSPS) is 17.4. The molecule has 1 aromatic heterocycles.